The monoisotopic (exact) mass is 346 g/mol. The zero-order valence-electron chi connectivity index (χ0n) is 14.4. The average molecular weight is 346 g/mol. The van der Waals surface area contributed by atoms with E-state index in [-0.39, 0.29) is 16.7 Å². The Morgan fingerprint density at radius 3 is 2.48 bits per heavy atom. The summed E-state index contributed by atoms with van der Waals surface area (Å²) in [5.74, 6) is -2.94. The van der Waals surface area contributed by atoms with E-state index in [0.717, 1.165) is 0 Å². The van der Waals surface area contributed by atoms with Crippen molar-refractivity contribution >= 4 is 18.2 Å². The molecule has 1 aliphatic carbocycles. The summed E-state index contributed by atoms with van der Waals surface area (Å²) in [5, 5.41) is 10.8. The van der Waals surface area contributed by atoms with E-state index in [9.17, 15) is 19.5 Å². The van der Waals surface area contributed by atoms with E-state index in [1.165, 1.54) is 13.0 Å². The Morgan fingerprint density at radius 2 is 2.00 bits per heavy atom. The summed E-state index contributed by atoms with van der Waals surface area (Å²) in [7, 11) is 0. The van der Waals surface area contributed by atoms with Gasteiger partial charge in [-0.05, 0) is 12.5 Å². The lowest BCUT2D eigenvalue weighted by Crippen LogP contribution is -2.60. The summed E-state index contributed by atoms with van der Waals surface area (Å²) in [6.45, 7) is 17.9. The maximum absolute atomic E-state index is 12.1. The molecule has 25 heavy (non-hydrogen) atoms. The van der Waals surface area contributed by atoms with Crippen molar-refractivity contribution in [3.63, 3.8) is 0 Å². The van der Waals surface area contributed by atoms with Crippen molar-refractivity contribution in [3.05, 3.63) is 49.1 Å². The van der Waals surface area contributed by atoms with Gasteiger partial charge in [0.05, 0.1) is 5.92 Å². The fourth-order valence-corrected chi connectivity index (χ4v) is 3.65. The van der Waals surface area contributed by atoms with Crippen LogP contribution in [-0.2, 0) is 23.9 Å². The molecule has 1 heterocycles. The Bertz CT molecular complexity index is 690. The molecule has 134 valence electrons. The predicted molar refractivity (Wildman–Crippen MR) is 90.2 cm³/mol. The molecule has 2 rings (SSSR count). The minimum absolute atomic E-state index is 0.0818. The van der Waals surface area contributed by atoms with E-state index < -0.39 is 47.5 Å². The summed E-state index contributed by atoms with van der Waals surface area (Å²) < 4.78 is 10.8. The van der Waals surface area contributed by atoms with Crippen LogP contribution in [0.4, 0.5) is 0 Å². The maximum atomic E-state index is 12.1. The number of carbonyl (C=O) groups excluding carboxylic acids is 3. The molecule has 0 radical (unpaired) electrons. The van der Waals surface area contributed by atoms with Gasteiger partial charge in [0.2, 0.25) is 0 Å². The fourth-order valence-electron chi connectivity index (χ4n) is 3.65. The number of aliphatic hydroxyl groups is 1. The average Bonchev–Trinajstić information content (AvgIpc) is 2.87. The lowest BCUT2D eigenvalue weighted by molar-refractivity contribution is -0.182. The first-order valence-electron chi connectivity index (χ1n) is 7.82. The number of aldehydes is 1. The molecular weight excluding hydrogens is 324 g/mol. The van der Waals surface area contributed by atoms with E-state index in [0.29, 0.717) is 6.29 Å². The van der Waals surface area contributed by atoms with Crippen molar-refractivity contribution in [2.75, 3.05) is 0 Å². The highest BCUT2D eigenvalue weighted by Crippen LogP contribution is 2.53. The molecule has 1 aliphatic heterocycles. The van der Waals surface area contributed by atoms with Gasteiger partial charge in [0, 0.05) is 22.5 Å². The molecule has 0 aromatic rings. The Balaban J connectivity index is 2.62. The van der Waals surface area contributed by atoms with Crippen molar-refractivity contribution in [2.45, 2.75) is 32.2 Å². The molecule has 1 saturated heterocycles. The number of hydrogen-bond donors (Lipinski definition) is 1. The Hall–Kier alpha value is -2.47. The van der Waals surface area contributed by atoms with Crippen molar-refractivity contribution in [1.29, 1.82) is 0 Å². The highest BCUT2D eigenvalue weighted by molar-refractivity contribution is 5.92. The topological polar surface area (TPSA) is 89.9 Å². The lowest BCUT2D eigenvalue weighted by Gasteiger charge is -2.51. The van der Waals surface area contributed by atoms with Crippen LogP contribution in [0.5, 0.6) is 0 Å². The van der Waals surface area contributed by atoms with Gasteiger partial charge in [-0.15, -0.1) is 6.58 Å². The first-order valence-corrected chi connectivity index (χ1v) is 7.82. The standard InChI is InChI=1S/C19H22O6/c1-7-19(6)13(10(4)8-20)14(24-17(22)9(2)3)12-11(5)18(23)25-15(12)16(19)21/h7-8,12-16,21H,1-2,4-5H2,3,6H3. The van der Waals surface area contributed by atoms with Crippen LogP contribution in [-0.4, -0.2) is 41.6 Å². The van der Waals surface area contributed by atoms with Gasteiger partial charge < -0.3 is 14.6 Å². The van der Waals surface area contributed by atoms with Crippen LogP contribution in [0, 0.1) is 17.3 Å². The molecule has 0 bridgehead atoms. The molecule has 1 N–H and O–H groups in total. The second-order valence-electron chi connectivity index (χ2n) is 6.76. The van der Waals surface area contributed by atoms with Gasteiger partial charge in [-0.1, -0.05) is 32.7 Å². The lowest BCUT2D eigenvalue weighted by atomic mass is 9.57. The molecule has 0 amide bonds. The maximum Gasteiger partial charge on any atom is 0.334 e. The molecule has 6 heteroatoms. The van der Waals surface area contributed by atoms with Gasteiger partial charge in [0.25, 0.3) is 0 Å². The minimum atomic E-state index is -1.17. The Morgan fingerprint density at radius 1 is 1.40 bits per heavy atom. The van der Waals surface area contributed by atoms with Crippen molar-refractivity contribution in [2.24, 2.45) is 17.3 Å². The first-order chi connectivity index (χ1) is 11.6. The molecule has 6 atom stereocenters. The number of carbonyl (C=O) groups is 3. The van der Waals surface area contributed by atoms with E-state index in [1.807, 2.05) is 0 Å². The summed E-state index contributed by atoms with van der Waals surface area (Å²) in [4.78, 5) is 35.6. The van der Waals surface area contributed by atoms with Crippen molar-refractivity contribution in [3.8, 4) is 0 Å². The van der Waals surface area contributed by atoms with Gasteiger partial charge in [-0.25, -0.2) is 9.59 Å². The summed E-state index contributed by atoms with van der Waals surface area (Å²) in [6, 6.07) is 0. The molecule has 2 fully saturated rings. The van der Waals surface area contributed by atoms with Crippen LogP contribution >= 0.6 is 0 Å². The molecule has 1 saturated carbocycles. The van der Waals surface area contributed by atoms with Crippen LogP contribution < -0.4 is 0 Å². The van der Waals surface area contributed by atoms with E-state index in [1.54, 1.807) is 6.92 Å². The zero-order chi connectivity index (χ0) is 19.1. The summed E-state index contributed by atoms with van der Waals surface area (Å²) in [6.07, 6.45) is -1.09. The highest BCUT2D eigenvalue weighted by atomic mass is 16.6. The van der Waals surface area contributed by atoms with E-state index in [2.05, 4.69) is 26.3 Å². The summed E-state index contributed by atoms with van der Waals surface area (Å²) >= 11 is 0. The first kappa shape index (κ1) is 18.9. The smallest absolute Gasteiger partial charge is 0.334 e. The zero-order valence-corrected chi connectivity index (χ0v) is 14.4. The van der Waals surface area contributed by atoms with Crippen LogP contribution in [0.1, 0.15) is 13.8 Å². The minimum Gasteiger partial charge on any atom is -0.458 e. The molecule has 6 unspecified atom stereocenters. The number of ether oxygens (including phenoxy) is 2. The second kappa shape index (κ2) is 6.44. The number of aliphatic hydroxyl groups excluding tert-OH is 1. The molecule has 0 aromatic carbocycles. The molecule has 2 aliphatic rings. The number of esters is 2. The largest absolute Gasteiger partial charge is 0.458 e. The third-order valence-corrected chi connectivity index (χ3v) is 5.14. The number of rotatable bonds is 5. The van der Waals surface area contributed by atoms with Crippen molar-refractivity contribution in [1.82, 2.24) is 0 Å². The van der Waals surface area contributed by atoms with Crippen molar-refractivity contribution < 1.29 is 29.0 Å². The molecular formula is C19H22O6. The van der Waals surface area contributed by atoms with Crippen LogP contribution in [0.25, 0.3) is 0 Å². The van der Waals surface area contributed by atoms with Gasteiger partial charge in [-0.3, -0.25) is 4.79 Å². The Labute approximate surface area is 146 Å². The third kappa shape index (κ3) is 2.76. The van der Waals surface area contributed by atoms with E-state index >= 15 is 0 Å². The Kier molecular flexibility index (Phi) is 4.86. The van der Waals surface area contributed by atoms with Crippen LogP contribution in [0.15, 0.2) is 49.1 Å². The number of hydrogen-bond acceptors (Lipinski definition) is 6. The molecule has 0 aromatic heterocycles. The van der Waals surface area contributed by atoms with Crippen LogP contribution in [0.3, 0.4) is 0 Å². The van der Waals surface area contributed by atoms with Crippen LogP contribution in [0.2, 0.25) is 0 Å². The normalized spacial score (nSPS) is 36.8. The molecule has 0 spiro atoms. The van der Waals surface area contributed by atoms with Gasteiger partial charge in [0.1, 0.15) is 24.6 Å². The fraction of sp³-hybridized carbons (Fsp3) is 0.421. The number of fused-ring (bicyclic) bond motifs is 1. The van der Waals surface area contributed by atoms with Gasteiger partial charge in [-0.2, -0.15) is 0 Å². The van der Waals surface area contributed by atoms with Gasteiger partial charge >= 0.3 is 11.9 Å². The highest BCUT2D eigenvalue weighted by Gasteiger charge is 2.63. The van der Waals surface area contributed by atoms with Gasteiger partial charge in [0.15, 0.2) is 0 Å². The third-order valence-electron chi connectivity index (χ3n) is 5.14. The molecule has 6 nitrogen and oxygen atoms in total. The SMILES string of the molecule is C=CC1(C)C(O)C2OC(=O)C(=C)C2C(OC(=O)C(=C)C)C1C(=C)C=O. The quantitative estimate of drug-likeness (QED) is 0.351. The van der Waals surface area contributed by atoms with E-state index in [4.69, 9.17) is 9.47 Å². The predicted octanol–water partition coefficient (Wildman–Crippen LogP) is 1.51. The summed E-state index contributed by atoms with van der Waals surface area (Å²) in [5.41, 5.74) is -0.747. The second-order valence-corrected chi connectivity index (χ2v) is 6.76.